The topological polar surface area (TPSA) is 40.5 Å². The lowest BCUT2D eigenvalue weighted by atomic mass is 9.49. The molecule has 2 N–H and O–H groups in total. The molecule has 0 aromatic carbocycles. The van der Waals surface area contributed by atoms with Crippen molar-refractivity contribution in [3.8, 4) is 0 Å². The molecule has 4 rings (SSSR count). The molecule has 0 bridgehead atoms. The van der Waals surface area contributed by atoms with Crippen molar-refractivity contribution >= 4 is 0 Å². The Morgan fingerprint density at radius 1 is 0.917 bits per heavy atom. The molecule has 24 heavy (non-hydrogen) atoms. The highest BCUT2D eigenvalue weighted by molar-refractivity contribution is 5.06. The summed E-state index contributed by atoms with van der Waals surface area (Å²) in [6.07, 6.45) is 12.5. The third-order valence-corrected chi connectivity index (χ3v) is 9.06. The molecule has 4 aliphatic carbocycles. The summed E-state index contributed by atoms with van der Waals surface area (Å²) in [4.78, 5) is 0. The van der Waals surface area contributed by atoms with Crippen LogP contribution >= 0.6 is 0 Å². The first-order chi connectivity index (χ1) is 11.3. The predicted molar refractivity (Wildman–Crippen MR) is 97.5 cm³/mol. The van der Waals surface area contributed by atoms with E-state index >= 15 is 0 Å². The van der Waals surface area contributed by atoms with Crippen LogP contribution in [0.1, 0.15) is 85.0 Å². The average molecular weight is 335 g/mol. The Balaban J connectivity index is 1.51. The maximum absolute atomic E-state index is 10.5. The van der Waals surface area contributed by atoms with Crippen molar-refractivity contribution in [2.24, 2.45) is 40.9 Å². The van der Waals surface area contributed by atoms with Gasteiger partial charge in [0.15, 0.2) is 0 Å². The molecule has 2 heteroatoms. The molecule has 4 fully saturated rings. The molecular weight excluding hydrogens is 296 g/mol. The number of hydrogen-bond donors (Lipinski definition) is 2. The highest BCUT2D eigenvalue weighted by atomic mass is 16.3. The molecule has 4 aliphatic rings. The monoisotopic (exact) mass is 334 g/mol. The lowest BCUT2D eigenvalue weighted by molar-refractivity contribution is -0.101. The molecule has 138 valence electrons. The fraction of sp³-hybridized carbons (Fsp3) is 1.00. The molecule has 0 amide bonds. The van der Waals surface area contributed by atoms with Gasteiger partial charge in [-0.2, -0.15) is 0 Å². The van der Waals surface area contributed by atoms with Crippen LogP contribution < -0.4 is 0 Å². The van der Waals surface area contributed by atoms with E-state index in [1.54, 1.807) is 0 Å². The van der Waals surface area contributed by atoms with Gasteiger partial charge in [0, 0.05) is 0 Å². The Bertz CT molecular complexity index is 471. The molecule has 0 aliphatic heterocycles. The minimum atomic E-state index is -0.396. The summed E-state index contributed by atoms with van der Waals surface area (Å²) in [5, 5.41) is 20.4. The average Bonchev–Trinajstić information content (AvgIpc) is 2.82. The van der Waals surface area contributed by atoms with Gasteiger partial charge in [0.05, 0.1) is 11.7 Å². The first-order valence-electron chi connectivity index (χ1n) is 10.7. The van der Waals surface area contributed by atoms with Crippen molar-refractivity contribution in [2.45, 2.75) is 96.7 Å². The van der Waals surface area contributed by atoms with Gasteiger partial charge in [0.1, 0.15) is 0 Å². The lowest BCUT2D eigenvalue weighted by Crippen LogP contribution is -2.50. The van der Waals surface area contributed by atoms with Gasteiger partial charge in [0.25, 0.3) is 0 Å². The maximum Gasteiger partial charge on any atom is 0.0622 e. The van der Waals surface area contributed by atoms with Crippen LogP contribution in [-0.2, 0) is 0 Å². The smallest absolute Gasteiger partial charge is 0.0622 e. The van der Waals surface area contributed by atoms with Crippen LogP contribution in [0, 0.1) is 40.9 Å². The molecule has 0 radical (unpaired) electrons. The van der Waals surface area contributed by atoms with E-state index < -0.39 is 5.60 Å². The quantitative estimate of drug-likeness (QED) is 0.763. The number of rotatable bonds is 2. The summed E-state index contributed by atoms with van der Waals surface area (Å²) < 4.78 is 0. The molecule has 9 atom stereocenters. The zero-order valence-electron chi connectivity index (χ0n) is 16.0. The van der Waals surface area contributed by atoms with Crippen molar-refractivity contribution in [1.29, 1.82) is 0 Å². The molecule has 2 nitrogen and oxygen atoms in total. The summed E-state index contributed by atoms with van der Waals surface area (Å²) in [6.45, 7) is 6.60. The first kappa shape index (κ1) is 17.3. The number of fused-ring (bicyclic) bond motifs is 5. The van der Waals surface area contributed by atoms with Gasteiger partial charge < -0.3 is 10.2 Å². The molecule has 4 saturated carbocycles. The van der Waals surface area contributed by atoms with Crippen molar-refractivity contribution in [1.82, 2.24) is 0 Å². The number of aliphatic hydroxyl groups is 2. The lowest BCUT2D eigenvalue weighted by Gasteiger charge is -2.57. The standard InChI is InChI=1S/C22H38O2/c1-14(23)12-16-5-7-20-19-6-4-15-13-21(2,24)10-8-17(15)18(19)9-11-22(16,20)3/h14-20,23-24H,4-13H2,1-3H3/t14?,15-,16-,17+,18-,19-,20+,21-,22-/m1/s1. The van der Waals surface area contributed by atoms with E-state index in [4.69, 9.17) is 0 Å². The SMILES string of the molecule is CC(O)C[C@H]1CC[C@H]2[C@@H]3CC[C@@H]4C[C@](C)(O)CC[C@@H]4[C@H]3CC[C@]12C. The van der Waals surface area contributed by atoms with E-state index in [-0.39, 0.29) is 6.10 Å². The summed E-state index contributed by atoms with van der Waals surface area (Å²) >= 11 is 0. The summed E-state index contributed by atoms with van der Waals surface area (Å²) in [7, 11) is 0. The van der Waals surface area contributed by atoms with E-state index in [9.17, 15) is 10.2 Å². The third kappa shape index (κ3) is 2.76. The minimum Gasteiger partial charge on any atom is -0.393 e. The number of hydrogen-bond acceptors (Lipinski definition) is 2. The highest BCUT2D eigenvalue weighted by Crippen LogP contribution is 2.65. The van der Waals surface area contributed by atoms with Crippen molar-refractivity contribution in [3.63, 3.8) is 0 Å². The van der Waals surface area contributed by atoms with E-state index in [1.165, 1.54) is 44.9 Å². The van der Waals surface area contributed by atoms with Crippen molar-refractivity contribution < 1.29 is 10.2 Å². The second-order valence-corrected chi connectivity index (χ2v) is 10.6. The van der Waals surface area contributed by atoms with E-state index in [0.29, 0.717) is 5.41 Å². The van der Waals surface area contributed by atoms with E-state index in [0.717, 1.165) is 54.8 Å². The second-order valence-electron chi connectivity index (χ2n) is 10.6. The van der Waals surface area contributed by atoms with Gasteiger partial charge in [-0.25, -0.2) is 0 Å². The van der Waals surface area contributed by atoms with Gasteiger partial charge in [0.2, 0.25) is 0 Å². The number of aliphatic hydroxyl groups excluding tert-OH is 1. The Hall–Kier alpha value is -0.0800. The second kappa shape index (κ2) is 5.98. The summed E-state index contributed by atoms with van der Waals surface area (Å²) in [5.41, 5.74) is 0.0953. The van der Waals surface area contributed by atoms with Crippen LogP contribution in [0.5, 0.6) is 0 Å². The van der Waals surface area contributed by atoms with Gasteiger partial charge in [-0.05, 0) is 119 Å². The molecular formula is C22H38O2. The van der Waals surface area contributed by atoms with Crippen LogP contribution in [-0.4, -0.2) is 21.9 Å². The zero-order valence-corrected chi connectivity index (χ0v) is 16.0. The Kier molecular flexibility index (Phi) is 4.32. The molecule has 0 saturated heterocycles. The largest absolute Gasteiger partial charge is 0.393 e. The molecule has 1 unspecified atom stereocenters. The van der Waals surface area contributed by atoms with Gasteiger partial charge in [-0.1, -0.05) is 6.92 Å². The van der Waals surface area contributed by atoms with Crippen LogP contribution in [0.3, 0.4) is 0 Å². The normalized spacial score (nSPS) is 55.4. The Morgan fingerprint density at radius 3 is 2.42 bits per heavy atom. The molecule has 0 spiro atoms. The zero-order chi connectivity index (χ0) is 17.1. The fourth-order valence-corrected chi connectivity index (χ4v) is 7.99. The Labute approximate surface area is 148 Å². The molecule has 0 heterocycles. The first-order valence-corrected chi connectivity index (χ1v) is 10.7. The molecule has 0 aromatic rings. The van der Waals surface area contributed by atoms with Gasteiger partial charge >= 0.3 is 0 Å². The van der Waals surface area contributed by atoms with Crippen LogP contribution in [0.25, 0.3) is 0 Å². The summed E-state index contributed by atoms with van der Waals surface area (Å²) in [6, 6.07) is 0. The van der Waals surface area contributed by atoms with Gasteiger partial charge in [-0.15, -0.1) is 0 Å². The predicted octanol–water partition coefficient (Wildman–Crippen LogP) is 4.78. The third-order valence-electron chi connectivity index (χ3n) is 9.06. The highest BCUT2D eigenvalue weighted by Gasteiger charge is 2.57. The van der Waals surface area contributed by atoms with Crippen LogP contribution in [0.4, 0.5) is 0 Å². The minimum absolute atomic E-state index is 0.139. The fourth-order valence-electron chi connectivity index (χ4n) is 7.99. The van der Waals surface area contributed by atoms with Crippen LogP contribution in [0.15, 0.2) is 0 Å². The molecule has 0 aromatic heterocycles. The Morgan fingerprint density at radius 2 is 1.67 bits per heavy atom. The van der Waals surface area contributed by atoms with E-state index in [2.05, 4.69) is 13.8 Å². The van der Waals surface area contributed by atoms with Crippen molar-refractivity contribution in [2.75, 3.05) is 0 Å². The maximum atomic E-state index is 10.5. The van der Waals surface area contributed by atoms with Gasteiger partial charge in [-0.3, -0.25) is 0 Å². The van der Waals surface area contributed by atoms with Crippen molar-refractivity contribution in [3.05, 3.63) is 0 Å². The van der Waals surface area contributed by atoms with Crippen LogP contribution in [0.2, 0.25) is 0 Å². The van der Waals surface area contributed by atoms with E-state index in [1.807, 2.05) is 6.92 Å². The summed E-state index contributed by atoms with van der Waals surface area (Å²) in [5.74, 6) is 5.20.